The quantitative estimate of drug-likeness (QED) is 0.175. The predicted octanol–water partition coefficient (Wildman–Crippen LogP) is 10.0. The van der Waals surface area contributed by atoms with E-state index < -0.39 is 11.6 Å². The van der Waals surface area contributed by atoms with Gasteiger partial charge in [-0.05, 0) is 80.8 Å². The van der Waals surface area contributed by atoms with Crippen LogP contribution in [0.15, 0.2) is 69.6 Å². The highest BCUT2D eigenvalue weighted by molar-refractivity contribution is 6.39. The summed E-state index contributed by atoms with van der Waals surface area (Å²) >= 11 is 13.0. The Morgan fingerprint density at radius 1 is 1.00 bits per heavy atom. The average Bonchev–Trinajstić information content (AvgIpc) is 3.51. The van der Waals surface area contributed by atoms with E-state index in [1.807, 2.05) is 77.9 Å². The zero-order valence-corrected chi connectivity index (χ0v) is 25.3. The second-order valence-corrected chi connectivity index (χ2v) is 12.1. The number of hydrogen-bond acceptors (Lipinski definition) is 6. The van der Waals surface area contributed by atoms with Gasteiger partial charge in [0.2, 0.25) is 5.76 Å². The predicted molar refractivity (Wildman–Crippen MR) is 162 cm³/mol. The lowest BCUT2D eigenvalue weighted by Gasteiger charge is -2.18. The SMILES string of the molecule is Cc1cc(OCc2c(-c3c(Cl)cccc3Cl)noc2C(C)C)ccc1-c1ccc2cc(C(=O)OC(C)(C)C)oc2c1. The second kappa shape index (κ2) is 11.3. The van der Waals surface area contributed by atoms with Gasteiger partial charge in [0.05, 0.1) is 15.6 Å². The van der Waals surface area contributed by atoms with E-state index in [-0.39, 0.29) is 18.3 Å². The zero-order chi connectivity index (χ0) is 29.5. The summed E-state index contributed by atoms with van der Waals surface area (Å²) in [5, 5.41) is 6.13. The molecule has 5 aromatic rings. The third kappa shape index (κ3) is 6.14. The van der Waals surface area contributed by atoms with E-state index >= 15 is 0 Å². The highest BCUT2D eigenvalue weighted by Gasteiger charge is 2.24. The molecule has 0 amide bonds. The highest BCUT2D eigenvalue weighted by atomic mass is 35.5. The van der Waals surface area contributed by atoms with Crippen LogP contribution in [0.5, 0.6) is 5.75 Å². The molecule has 3 aromatic carbocycles. The first-order valence-electron chi connectivity index (χ1n) is 13.3. The van der Waals surface area contributed by atoms with Crippen LogP contribution < -0.4 is 4.74 Å². The minimum atomic E-state index is -0.601. The summed E-state index contributed by atoms with van der Waals surface area (Å²) in [4.78, 5) is 12.5. The molecule has 0 radical (unpaired) electrons. The van der Waals surface area contributed by atoms with Gasteiger partial charge in [-0.3, -0.25) is 0 Å². The number of benzene rings is 3. The molecule has 0 atom stereocenters. The first kappa shape index (κ1) is 28.8. The van der Waals surface area contributed by atoms with Gasteiger partial charge in [-0.1, -0.05) is 66.5 Å². The number of furan rings is 1. The molecule has 0 saturated heterocycles. The van der Waals surface area contributed by atoms with Crippen molar-refractivity contribution in [3.8, 4) is 28.1 Å². The Labute approximate surface area is 249 Å². The zero-order valence-electron chi connectivity index (χ0n) is 23.8. The first-order chi connectivity index (χ1) is 19.4. The van der Waals surface area contributed by atoms with E-state index in [0.717, 1.165) is 33.4 Å². The monoisotopic (exact) mass is 591 g/mol. The van der Waals surface area contributed by atoms with Crippen molar-refractivity contribution in [3.63, 3.8) is 0 Å². The van der Waals surface area contributed by atoms with Crippen molar-refractivity contribution in [2.24, 2.45) is 0 Å². The molecule has 0 aliphatic carbocycles. The highest BCUT2D eigenvalue weighted by Crippen LogP contribution is 2.39. The molecule has 0 aliphatic rings. The molecule has 0 fully saturated rings. The third-order valence-corrected chi connectivity index (χ3v) is 7.18. The molecule has 0 N–H and O–H groups in total. The Hall–Kier alpha value is -3.74. The Morgan fingerprint density at radius 3 is 2.39 bits per heavy atom. The molecular weight excluding hydrogens is 561 g/mol. The van der Waals surface area contributed by atoms with Crippen molar-refractivity contribution in [2.45, 2.75) is 59.7 Å². The maximum atomic E-state index is 12.5. The minimum absolute atomic E-state index is 0.0903. The van der Waals surface area contributed by atoms with Gasteiger partial charge in [0, 0.05) is 16.9 Å². The fourth-order valence-electron chi connectivity index (χ4n) is 4.67. The Morgan fingerprint density at radius 2 is 1.73 bits per heavy atom. The van der Waals surface area contributed by atoms with Crippen LogP contribution in [0.25, 0.3) is 33.4 Å². The average molecular weight is 593 g/mol. The lowest BCUT2D eigenvalue weighted by atomic mass is 9.99. The van der Waals surface area contributed by atoms with E-state index in [9.17, 15) is 4.79 Å². The van der Waals surface area contributed by atoms with Crippen molar-refractivity contribution in [1.82, 2.24) is 5.16 Å². The van der Waals surface area contributed by atoms with Gasteiger partial charge in [0.25, 0.3) is 0 Å². The number of carbonyl (C=O) groups is 1. The summed E-state index contributed by atoms with van der Waals surface area (Å²) in [6, 6.07) is 18.8. The number of nitrogens with zero attached hydrogens (tertiary/aromatic N) is 1. The molecule has 5 rings (SSSR count). The van der Waals surface area contributed by atoms with E-state index in [1.165, 1.54) is 0 Å². The minimum Gasteiger partial charge on any atom is -0.489 e. The Bertz CT molecular complexity index is 1720. The fourth-order valence-corrected chi connectivity index (χ4v) is 5.25. The topological polar surface area (TPSA) is 74.7 Å². The van der Waals surface area contributed by atoms with Gasteiger partial charge in [-0.2, -0.15) is 0 Å². The molecule has 0 bridgehead atoms. The van der Waals surface area contributed by atoms with Gasteiger partial charge in [0.15, 0.2) is 0 Å². The molecule has 0 aliphatic heterocycles. The van der Waals surface area contributed by atoms with Crippen LogP contribution in [-0.2, 0) is 11.3 Å². The van der Waals surface area contributed by atoms with Crippen molar-refractivity contribution < 1.29 is 23.2 Å². The molecule has 2 heterocycles. The van der Waals surface area contributed by atoms with Crippen LogP contribution in [0.3, 0.4) is 0 Å². The van der Waals surface area contributed by atoms with Gasteiger partial charge < -0.3 is 18.4 Å². The number of carbonyl (C=O) groups excluding carboxylic acids is 1. The van der Waals surface area contributed by atoms with Crippen LogP contribution >= 0.6 is 23.2 Å². The molecule has 8 heteroatoms. The van der Waals surface area contributed by atoms with E-state index in [2.05, 4.69) is 5.16 Å². The molecule has 212 valence electrons. The van der Waals surface area contributed by atoms with E-state index in [4.69, 9.17) is 41.6 Å². The Kier molecular flexibility index (Phi) is 7.91. The summed E-state index contributed by atoms with van der Waals surface area (Å²) in [6.07, 6.45) is 0. The summed E-state index contributed by atoms with van der Waals surface area (Å²) in [5.41, 5.74) is 5.02. The number of ether oxygens (including phenoxy) is 2. The molecule has 2 aromatic heterocycles. The molecule has 6 nitrogen and oxygen atoms in total. The number of halogens is 2. The number of esters is 1. The van der Waals surface area contributed by atoms with Gasteiger partial charge in [-0.25, -0.2) is 4.79 Å². The van der Waals surface area contributed by atoms with E-state index in [1.54, 1.807) is 24.3 Å². The number of hydrogen-bond donors (Lipinski definition) is 0. The van der Waals surface area contributed by atoms with Gasteiger partial charge in [-0.15, -0.1) is 0 Å². The standard InChI is InChI=1S/C33H31Cl2NO5/c1-18(2)31-24(30(36-41-31)29-25(34)8-7-9-26(29)35)17-38-22-12-13-23(19(3)14-22)20-10-11-21-16-28(39-27(21)15-20)32(37)40-33(4,5)6/h7-16,18H,17H2,1-6H3. The van der Waals surface area contributed by atoms with Crippen LogP contribution in [-0.4, -0.2) is 16.7 Å². The molecule has 0 spiro atoms. The summed E-state index contributed by atoms with van der Waals surface area (Å²) in [7, 11) is 0. The third-order valence-electron chi connectivity index (χ3n) is 6.55. The smallest absolute Gasteiger partial charge is 0.374 e. The summed E-state index contributed by atoms with van der Waals surface area (Å²) in [5.74, 6) is 1.21. The number of rotatable bonds is 7. The second-order valence-electron chi connectivity index (χ2n) is 11.3. The number of aromatic nitrogens is 1. The largest absolute Gasteiger partial charge is 0.489 e. The van der Waals surface area contributed by atoms with Crippen molar-refractivity contribution in [2.75, 3.05) is 0 Å². The summed E-state index contributed by atoms with van der Waals surface area (Å²) in [6.45, 7) is 11.8. The Balaban J connectivity index is 1.39. The van der Waals surface area contributed by atoms with Gasteiger partial charge in [0.1, 0.15) is 35.0 Å². The molecule has 0 unspecified atom stereocenters. The summed E-state index contributed by atoms with van der Waals surface area (Å²) < 4.78 is 23.2. The van der Waals surface area contributed by atoms with Crippen LogP contribution in [0.2, 0.25) is 10.0 Å². The van der Waals surface area contributed by atoms with Crippen molar-refractivity contribution >= 4 is 40.1 Å². The molecule has 0 saturated carbocycles. The van der Waals surface area contributed by atoms with Crippen LogP contribution in [0.4, 0.5) is 0 Å². The molecular formula is C33H31Cl2NO5. The molecule has 41 heavy (non-hydrogen) atoms. The fraction of sp³-hybridized carbons (Fsp3) is 0.273. The number of aryl methyl sites for hydroxylation is 1. The van der Waals surface area contributed by atoms with Crippen LogP contribution in [0, 0.1) is 6.92 Å². The van der Waals surface area contributed by atoms with Crippen LogP contribution in [0.1, 0.15) is 68.0 Å². The maximum Gasteiger partial charge on any atom is 0.374 e. The normalized spacial score (nSPS) is 11.8. The maximum absolute atomic E-state index is 12.5. The first-order valence-corrected chi connectivity index (χ1v) is 14.1. The lowest BCUT2D eigenvalue weighted by Crippen LogP contribution is -2.23. The van der Waals surface area contributed by atoms with Gasteiger partial charge >= 0.3 is 5.97 Å². The lowest BCUT2D eigenvalue weighted by molar-refractivity contribution is 0.00381. The number of fused-ring (bicyclic) bond motifs is 1. The van der Waals surface area contributed by atoms with Crippen molar-refractivity contribution in [3.05, 3.63) is 93.4 Å². The van der Waals surface area contributed by atoms with E-state index in [0.29, 0.717) is 32.6 Å². The van der Waals surface area contributed by atoms with Crippen molar-refractivity contribution in [1.29, 1.82) is 0 Å².